The average molecular weight is 391 g/mol. The van der Waals surface area contributed by atoms with Crippen molar-refractivity contribution in [2.45, 2.75) is 85.5 Å². The van der Waals surface area contributed by atoms with Gasteiger partial charge < -0.3 is 9.84 Å². The minimum absolute atomic E-state index is 0.224. The highest BCUT2D eigenvalue weighted by Gasteiger charge is 2.22. The Morgan fingerprint density at radius 1 is 0.929 bits per heavy atom. The number of carboxylic acids is 1. The molecule has 0 heterocycles. The molecule has 1 N–H and O–H groups in total. The van der Waals surface area contributed by atoms with Gasteiger partial charge in [0.2, 0.25) is 0 Å². The molecule has 2 atom stereocenters. The number of unbranched alkanes of at least 4 members (excludes halogenated alkanes) is 2. The minimum Gasteiger partial charge on any atom is -0.478 e. The van der Waals surface area contributed by atoms with Crippen molar-refractivity contribution in [2.75, 3.05) is 6.61 Å². The van der Waals surface area contributed by atoms with Gasteiger partial charge in [0.1, 0.15) is 0 Å². The van der Waals surface area contributed by atoms with Gasteiger partial charge >= 0.3 is 11.9 Å². The predicted molar refractivity (Wildman–Crippen MR) is 114 cm³/mol. The lowest BCUT2D eigenvalue weighted by molar-refractivity contribution is 0.0426. The standard InChI is InChI=1S/C24H38O4/c1-5-9-12-18(7-3)16-22-20(23(25)26)14-11-15-21(22)24(27)28-17-19(8-4)13-10-6-2/h11,14-15,18-19H,5-10,12-13,16-17H2,1-4H3,(H,25,26). The van der Waals surface area contributed by atoms with E-state index in [-0.39, 0.29) is 5.56 Å². The summed E-state index contributed by atoms with van der Waals surface area (Å²) in [4.78, 5) is 24.6. The van der Waals surface area contributed by atoms with Crippen LogP contribution in [0.4, 0.5) is 0 Å². The number of aromatic carboxylic acids is 1. The van der Waals surface area contributed by atoms with E-state index in [2.05, 4.69) is 27.7 Å². The number of carbonyl (C=O) groups is 2. The Bertz CT molecular complexity index is 609. The third-order valence-electron chi connectivity index (χ3n) is 5.66. The highest BCUT2D eigenvalue weighted by molar-refractivity contribution is 5.97. The van der Waals surface area contributed by atoms with Gasteiger partial charge in [0.15, 0.2) is 0 Å². The molecule has 1 aromatic carbocycles. The number of carboxylic acid groups (broad SMARTS) is 1. The quantitative estimate of drug-likeness (QED) is 0.367. The molecule has 4 nitrogen and oxygen atoms in total. The first kappa shape index (κ1) is 24.2. The van der Waals surface area contributed by atoms with Crippen LogP contribution in [0.15, 0.2) is 18.2 Å². The van der Waals surface area contributed by atoms with E-state index in [1.807, 2.05) is 0 Å². The van der Waals surface area contributed by atoms with Crippen LogP contribution in [0.2, 0.25) is 0 Å². The Kier molecular flexibility index (Phi) is 11.5. The van der Waals surface area contributed by atoms with Crippen LogP contribution in [0.25, 0.3) is 0 Å². The molecule has 0 aromatic heterocycles. The zero-order valence-corrected chi connectivity index (χ0v) is 18.1. The molecular formula is C24H38O4. The van der Waals surface area contributed by atoms with Gasteiger partial charge in [0.05, 0.1) is 17.7 Å². The summed E-state index contributed by atoms with van der Waals surface area (Å²) >= 11 is 0. The maximum atomic E-state index is 12.8. The summed E-state index contributed by atoms with van der Waals surface area (Å²) in [5.74, 6) is -0.634. The molecule has 0 spiro atoms. The molecule has 0 fully saturated rings. The van der Waals surface area contributed by atoms with Crippen LogP contribution in [0, 0.1) is 11.8 Å². The Labute approximate surface area is 170 Å². The molecule has 0 aliphatic carbocycles. The predicted octanol–water partition coefficient (Wildman–Crippen LogP) is 6.52. The molecule has 2 unspecified atom stereocenters. The van der Waals surface area contributed by atoms with Crippen molar-refractivity contribution >= 4 is 11.9 Å². The summed E-state index contributed by atoms with van der Waals surface area (Å²) in [6.45, 7) is 8.96. The summed E-state index contributed by atoms with van der Waals surface area (Å²) in [5.41, 5.74) is 1.27. The highest BCUT2D eigenvalue weighted by atomic mass is 16.5. The maximum absolute atomic E-state index is 12.8. The van der Waals surface area contributed by atoms with Crippen molar-refractivity contribution in [3.05, 3.63) is 34.9 Å². The average Bonchev–Trinajstić information content (AvgIpc) is 2.70. The molecule has 1 rings (SSSR count). The van der Waals surface area contributed by atoms with Crippen LogP contribution >= 0.6 is 0 Å². The molecule has 1 aromatic rings. The zero-order valence-electron chi connectivity index (χ0n) is 18.1. The van der Waals surface area contributed by atoms with Crippen LogP contribution in [0.3, 0.4) is 0 Å². The number of benzene rings is 1. The van der Waals surface area contributed by atoms with Gasteiger partial charge in [0, 0.05) is 0 Å². The topological polar surface area (TPSA) is 63.6 Å². The lowest BCUT2D eigenvalue weighted by atomic mass is 9.87. The molecule has 0 amide bonds. The molecule has 4 heteroatoms. The number of hydrogen-bond acceptors (Lipinski definition) is 3. The molecule has 0 bridgehead atoms. The van der Waals surface area contributed by atoms with Gasteiger partial charge in [-0.1, -0.05) is 78.7 Å². The molecule has 0 saturated heterocycles. The van der Waals surface area contributed by atoms with Gasteiger partial charge in [-0.3, -0.25) is 0 Å². The second kappa shape index (κ2) is 13.4. The molecular weight excluding hydrogens is 352 g/mol. The number of esters is 1. The molecule has 0 radical (unpaired) electrons. The normalized spacial score (nSPS) is 13.1. The summed E-state index contributed by atoms with van der Waals surface area (Å²) in [6, 6.07) is 4.95. The summed E-state index contributed by atoms with van der Waals surface area (Å²) in [5, 5.41) is 9.63. The SMILES string of the molecule is CCCCC(CC)COC(=O)c1cccc(C(=O)O)c1CC(CC)CCCC. The van der Waals surface area contributed by atoms with E-state index in [1.54, 1.807) is 18.2 Å². The van der Waals surface area contributed by atoms with Crippen LogP contribution < -0.4 is 0 Å². The summed E-state index contributed by atoms with van der Waals surface area (Å²) in [7, 11) is 0. The summed E-state index contributed by atoms with van der Waals surface area (Å²) < 4.78 is 5.62. The van der Waals surface area contributed by atoms with Gasteiger partial charge in [-0.25, -0.2) is 9.59 Å². The highest BCUT2D eigenvalue weighted by Crippen LogP contribution is 2.25. The van der Waals surface area contributed by atoms with Crippen LogP contribution in [-0.4, -0.2) is 23.7 Å². The molecule has 0 aliphatic rings. The Morgan fingerprint density at radius 3 is 2.04 bits per heavy atom. The lowest BCUT2D eigenvalue weighted by Gasteiger charge is -2.19. The van der Waals surface area contributed by atoms with E-state index in [0.29, 0.717) is 36.0 Å². The second-order valence-corrected chi connectivity index (χ2v) is 7.77. The van der Waals surface area contributed by atoms with E-state index < -0.39 is 11.9 Å². The van der Waals surface area contributed by atoms with Crippen LogP contribution in [0.1, 0.15) is 105 Å². The number of hydrogen-bond donors (Lipinski definition) is 1. The van der Waals surface area contributed by atoms with Crippen molar-refractivity contribution in [3.8, 4) is 0 Å². The Hall–Kier alpha value is -1.84. The second-order valence-electron chi connectivity index (χ2n) is 7.77. The van der Waals surface area contributed by atoms with E-state index in [4.69, 9.17) is 4.74 Å². The molecule has 0 saturated carbocycles. The first-order chi connectivity index (χ1) is 13.5. The van der Waals surface area contributed by atoms with E-state index in [0.717, 1.165) is 51.4 Å². The first-order valence-electron chi connectivity index (χ1n) is 11.0. The number of carbonyl (C=O) groups excluding carboxylic acids is 1. The fourth-order valence-electron chi connectivity index (χ4n) is 3.60. The van der Waals surface area contributed by atoms with E-state index in [1.165, 1.54) is 0 Å². The van der Waals surface area contributed by atoms with Crippen LogP contribution in [0.5, 0.6) is 0 Å². The third kappa shape index (κ3) is 7.65. The molecule has 28 heavy (non-hydrogen) atoms. The lowest BCUT2D eigenvalue weighted by Crippen LogP contribution is -2.18. The fourth-order valence-corrected chi connectivity index (χ4v) is 3.60. The minimum atomic E-state index is -0.982. The monoisotopic (exact) mass is 390 g/mol. The smallest absolute Gasteiger partial charge is 0.338 e. The fraction of sp³-hybridized carbons (Fsp3) is 0.667. The van der Waals surface area contributed by atoms with Crippen molar-refractivity contribution in [1.29, 1.82) is 0 Å². The summed E-state index contributed by atoms with van der Waals surface area (Å²) in [6.07, 6.45) is 9.14. The molecule has 0 aliphatic heterocycles. The van der Waals surface area contributed by atoms with Gasteiger partial charge in [0.25, 0.3) is 0 Å². The van der Waals surface area contributed by atoms with Gasteiger partial charge in [-0.05, 0) is 42.4 Å². The third-order valence-corrected chi connectivity index (χ3v) is 5.66. The van der Waals surface area contributed by atoms with E-state index >= 15 is 0 Å². The Morgan fingerprint density at radius 2 is 1.50 bits per heavy atom. The maximum Gasteiger partial charge on any atom is 0.338 e. The van der Waals surface area contributed by atoms with E-state index in [9.17, 15) is 14.7 Å². The van der Waals surface area contributed by atoms with Crippen molar-refractivity contribution in [2.24, 2.45) is 11.8 Å². The van der Waals surface area contributed by atoms with Crippen molar-refractivity contribution < 1.29 is 19.4 Å². The van der Waals surface area contributed by atoms with Crippen LogP contribution in [-0.2, 0) is 11.2 Å². The van der Waals surface area contributed by atoms with Crippen molar-refractivity contribution in [3.63, 3.8) is 0 Å². The van der Waals surface area contributed by atoms with Crippen molar-refractivity contribution in [1.82, 2.24) is 0 Å². The first-order valence-corrected chi connectivity index (χ1v) is 11.0. The largest absolute Gasteiger partial charge is 0.478 e. The zero-order chi connectivity index (χ0) is 20.9. The van der Waals surface area contributed by atoms with Gasteiger partial charge in [-0.15, -0.1) is 0 Å². The number of ether oxygens (including phenoxy) is 1. The van der Waals surface area contributed by atoms with Gasteiger partial charge in [-0.2, -0.15) is 0 Å². The molecule has 158 valence electrons. The Balaban J connectivity index is 3.01. The number of rotatable bonds is 14.